The molecule has 1 aliphatic rings. The van der Waals surface area contributed by atoms with Crippen LogP contribution in [0, 0.1) is 0 Å². The Morgan fingerprint density at radius 1 is 1.40 bits per heavy atom. The number of hydrogen-bond donors (Lipinski definition) is 2. The molecule has 1 aromatic heterocycles. The first-order chi connectivity index (χ1) is 9.45. The largest absolute Gasteiger partial charge is 0.384 e. The fourth-order valence-corrected chi connectivity index (χ4v) is 2.43. The molecule has 1 aromatic rings. The summed E-state index contributed by atoms with van der Waals surface area (Å²) in [6, 6.07) is 2.09. The Labute approximate surface area is 119 Å². The van der Waals surface area contributed by atoms with Gasteiger partial charge in [-0.25, -0.2) is 9.97 Å². The predicted molar refractivity (Wildman–Crippen MR) is 79.6 cm³/mol. The van der Waals surface area contributed by atoms with E-state index in [1.807, 2.05) is 6.07 Å². The van der Waals surface area contributed by atoms with Crippen LogP contribution >= 0.6 is 0 Å². The average molecular weight is 277 g/mol. The Bertz CT molecular complexity index is 480. The maximum absolute atomic E-state index is 11.1. The lowest BCUT2D eigenvalue weighted by Gasteiger charge is -2.33. The molecule has 110 valence electrons. The number of nitrogens with two attached hydrogens (primary N) is 1. The number of rotatable bonds is 3. The van der Waals surface area contributed by atoms with Crippen LogP contribution in [-0.2, 0) is 4.79 Å². The summed E-state index contributed by atoms with van der Waals surface area (Å²) in [5.74, 6) is 2.49. The molecule has 0 unspecified atom stereocenters. The van der Waals surface area contributed by atoms with Crippen molar-refractivity contribution in [3.63, 3.8) is 0 Å². The van der Waals surface area contributed by atoms with Gasteiger partial charge in [-0.1, -0.05) is 13.8 Å². The van der Waals surface area contributed by atoms with Crippen LogP contribution < -0.4 is 16.0 Å². The van der Waals surface area contributed by atoms with Gasteiger partial charge in [0.1, 0.15) is 17.5 Å². The maximum Gasteiger partial charge on any atom is 0.217 e. The van der Waals surface area contributed by atoms with Crippen molar-refractivity contribution in [2.45, 2.75) is 45.6 Å². The smallest absolute Gasteiger partial charge is 0.217 e. The van der Waals surface area contributed by atoms with Gasteiger partial charge in [0, 0.05) is 38.0 Å². The third-order valence-corrected chi connectivity index (χ3v) is 3.49. The summed E-state index contributed by atoms with van der Waals surface area (Å²) in [5, 5.41) is 2.97. The van der Waals surface area contributed by atoms with Crippen LogP contribution in [0.1, 0.15) is 45.4 Å². The van der Waals surface area contributed by atoms with Gasteiger partial charge in [-0.05, 0) is 12.8 Å². The molecule has 2 rings (SSSR count). The molecule has 0 spiro atoms. The Morgan fingerprint density at radius 2 is 2.05 bits per heavy atom. The van der Waals surface area contributed by atoms with Crippen LogP contribution in [0.15, 0.2) is 6.07 Å². The molecule has 6 nitrogen and oxygen atoms in total. The first kappa shape index (κ1) is 14.6. The fourth-order valence-electron chi connectivity index (χ4n) is 2.43. The van der Waals surface area contributed by atoms with Gasteiger partial charge in [-0.15, -0.1) is 0 Å². The van der Waals surface area contributed by atoms with E-state index in [4.69, 9.17) is 5.73 Å². The average Bonchev–Trinajstić information content (AvgIpc) is 2.38. The molecule has 1 saturated heterocycles. The minimum atomic E-state index is 0.0387. The molecule has 0 saturated carbocycles. The van der Waals surface area contributed by atoms with Gasteiger partial charge >= 0.3 is 0 Å². The summed E-state index contributed by atoms with van der Waals surface area (Å²) in [6.45, 7) is 7.42. The van der Waals surface area contributed by atoms with E-state index in [1.54, 1.807) is 6.92 Å². The summed E-state index contributed by atoms with van der Waals surface area (Å²) >= 11 is 0. The zero-order valence-corrected chi connectivity index (χ0v) is 12.4. The quantitative estimate of drug-likeness (QED) is 0.869. The zero-order chi connectivity index (χ0) is 14.7. The molecule has 0 aliphatic carbocycles. The van der Waals surface area contributed by atoms with Crippen molar-refractivity contribution >= 4 is 17.5 Å². The number of hydrogen-bond acceptors (Lipinski definition) is 5. The van der Waals surface area contributed by atoms with Gasteiger partial charge in [0.15, 0.2) is 0 Å². The van der Waals surface area contributed by atoms with Gasteiger partial charge in [0.05, 0.1) is 0 Å². The molecule has 1 amide bonds. The molecule has 6 heteroatoms. The zero-order valence-electron chi connectivity index (χ0n) is 12.4. The number of carbonyl (C=O) groups excluding carboxylic acids is 1. The normalized spacial score (nSPS) is 16.5. The number of nitrogen functional groups attached to an aromatic ring is 1. The number of carbonyl (C=O) groups is 1. The van der Waals surface area contributed by atoms with Crippen molar-refractivity contribution in [3.05, 3.63) is 11.9 Å². The van der Waals surface area contributed by atoms with E-state index in [-0.39, 0.29) is 17.9 Å². The van der Waals surface area contributed by atoms with E-state index in [0.29, 0.717) is 5.82 Å². The van der Waals surface area contributed by atoms with Gasteiger partial charge < -0.3 is 16.0 Å². The van der Waals surface area contributed by atoms with Crippen molar-refractivity contribution in [1.29, 1.82) is 0 Å². The molecule has 3 N–H and O–H groups in total. The molecule has 1 fully saturated rings. The number of nitrogens with one attached hydrogen (secondary N) is 1. The molecule has 20 heavy (non-hydrogen) atoms. The highest BCUT2D eigenvalue weighted by molar-refractivity contribution is 5.73. The lowest BCUT2D eigenvalue weighted by atomic mass is 10.1. The third kappa shape index (κ3) is 3.59. The number of nitrogens with zero attached hydrogens (tertiary/aromatic N) is 3. The van der Waals surface area contributed by atoms with E-state index in [9.17, 15) is 4.79 Å². The topological polar surface area (TPSA) is 84.1 Å². The Balaban J connectivity index is 2.05. The van der Waals surface area contributed by atoms with Crippen molar-refractivity contribution in [2.75, 3.05) is 23.7 Å². The first-order valence-corrected chi connectivity index (χ1v) is 7.12. The predicted octanol–water partition coefficient (Wildman–Crippen LogP) is 1.29. The van der Waals surface area contributed by atoms with Crippen LogP contribution in [0.2, 0.25) is 0 Å². The van der Waals surface area contributed by atoms with Gasteiger partial charge in [0.2, 0.25) is 5.91 Å². The molecular formula is C14H23N5O. The molecule has 0 bridgehead atoms. The molecular weight excluding hydrogens is 254 g/mol. The fraction of sp³-hybridized carbons (Fsp3) is 0.643. The van der Waals surface area contributed by atoms with Gasteiger partial charge in [-0.2, -0.15) is 0 Å². The van der Waals surface area contributed by atoms with E-state index < -0.39 is 0 Å². The van der Waals surface area contributed by atoms with Crippen LogP contribution in [-0.4, -0.2) is 35.0 Å². The number of aromatic nitrogens is 2. The van der Waals surface area contributed by atoms with Crippen LogP contribution in [0.4, 0.5) is 11.6 Å². The molecule has 1 aliphatic heterocycles. The first-order valence-electron chi connectivity index (χ1n) is 7.12. The molecule has 2 heterocycles. The Kier molecular flexibility index (Phi) is 4.42. The minimum Gasteiger partial charge on any atom is -0.384 e. The minimum absolute atomic E-state index is 0.0387. The second-order valence-corrected chi connectivity index (χ2v) is 5.63. The highest BCUT2D eigenvalue weighted by Gasteiger charge is 2.21. The SMILES string of the molecule is CC(=O)NC1CCN(c2cc(N)nc(C(C)C)n2)CC1. The second-order valence-electron chi connectivity index (χ2n) is 5.63. The Morgan fingerprint density at radius 3 is 2.60 bits per heavy atom. The summed E-state index contributed by atoms with van der Waals surface area (Å²) in [5.41, 5.74) is 5.86. The highest BCUT2D eigenvalue weighted by Crippen LogP contribution is 2.22. The van der Waals surface area contributed by atoms with Gasteiger partial charge in [0.25, 0.3) is 0 Å². The molecule has 0 radical (unpaired) electrons. The summed E-state index contributed by atoms with van der Waals surface area (Å²) < 4.78 is 0. The van der Waals surface area contributed by atoms with Crippen molar-refractivity contribution in [1.82, 2.24) is 15.3 Å². The molecule has 0 aromatic carbocycles. The second kappa shape index (κ2) is 6.07. The van der Waals surface area contributed by atoms with Crippen LogP contribution in [0.25, 0.3) is 0 Å². The van der Waals surface area contributed by atoms with E-state index in [0.717, 1.165) is 37.6 Å². The van der Waals surface area contributed by atoms with Gasteiger partial charge in [-0.3, -0.25) is 4.79 Å². The van der Waals surface area contributed by atoms with Crippen molar-refractivity contribution in [2.24, 2.45) is 0 Å². The summed E-state index contributed by atoms with van der Waals surface area (Å²) in [7, 11) is 0. The third-order valence-electron chi connectivity index (χ3n) is 3.49. The van der Waals surface area contributed by atoms with E-state index in [2.05, 4.69) is 34.0 Å². The summed E-state index contributed by atoms with van der Waals surface area (Å²) in [4.78, 5) is 22.1. The highest BCUT2D eigenvalue weighted by atomic mass is 16.1. The number of anilines is 2. The monoisotopic (exact) mass is 277 g/mol. The van der Waals surface area contributed by atoms with Crippen LogP contribution in [0.5, 0.6) is 0 Å². The van der Waals surface area contributed by atoms with Crippen LogP contribution in [0.3, 0.4) is 0 Å². The maximum atomic E-state index is 11.1. The summed E-state index contributed by atoms with van der Waals surface area (Å²) in [6.07, 6.45) is 1.86. The Hall–Kier alpha value is -1.85. The standard InChI is InChI=1S/C14H23N5O/c1-9(2)14-17-12(15)8-13(18-14)19-6-4-11(5-7-19)16-10(3)20/h8-9,11H,4-7H2,1-3H3,(H,16,20)(H2,15,17,18). The van der Waals surface area contributed by atoms with Crippen molar-refractivity contribution in [3.8, 4) is 0 Å². The number of piperidine rings is 1. The lowest BCUT2D eigenvalue weighted by Crippen LogP contribution is -2.44. The van der Waals surface area contributed by atoms with E-state index in [1.165, 1.54) is 0 Å². The van der Waals surface area contributed by atoms with Crippen molar-refractivity contribution < 1.29 is 4.79 Å². The lowest BCUT2D eigenvalue weighted by molar-refractivity contribution is -0.119. The molecule has 0 atom stereocenters. The van der Waals surface area contributed by atoms with E-state index >= 15 is 0 Å². The number of amides is 1.